The Bertz CT molecular complexity index is 612. The monoisotopic (exact) mass is 324 g/mol. The molecule has 0 saturated heterocycles. The Labute approximate surface area is 118 Å². The molecule has 2 aromatic rings. The molecule has 0 fully saturated rings. The molecular formula is C12H13BrN4O2. The molecular weight excluding hydrogens is 312 g/mol. The highest BCUT2D eigenvalue weighted by Crippen LogP contribution is 2.27. The number of aliphatic carboxylic acids is 1. The summed E-state index contributed by atoms with van der Waals surface area (Å²) in [7, 11) is 0. The van der Waals surface area contributed by atoms with Crippen LogP contribution in [0.1, 0.15) is 12.5 Å². The van der Waals surface area contributed by atoms with E-state index in [0.29, 0.717) is 5.82 Å². The van der Waals surface area contributed by atoms with Gasteiger partial charge in [-0.25, -0.2) is 4.68 Å². The quantitative estimate of drug-likeness (QED) is 0.931. The number of hydrogen-bond acceptors (Lipinski definition) is 4. The molecule has 0 saturated carbocycles. The Morgan fingerprint density at radius 1 is 1.53 bits per heavy atom. The fraction of sp³-hybridized carbons (Fsp3) is 0.333. The van der Waals surface area contributed by atoms with Crippen LogP contribution in [0.15, 0.2) is 22.7 Å². The number of halogens is 1. The minimum Gasteiger partial charge on any atom is -0.481 e. The van der Waals surface area contributed by atoms with Gasteiger partial charge in [0.25, 0.3) is 0 Å². The lowest BCUT2D eigenvalue weighted by atomic mass is 10.1. The number of nitrogens with zero attached hydrogens (tertiary/aromatic N) is 4. The van der Waals surface area contributed by atoms with E-state index >= 15 is 0 Å². The van der Waals surface area contributed by atoms with Crippen LogP contribution >= 0.6 is 15.9 Å². The van der Waals surface area contributed by atoms with E-state index in [1.54, 1.807) is 6.92 Å². The maximum absolute atomic E-state index is 10.9. The van der Waals surface area contributed by atoms with E-state index in [2.05, 4.69) is 31.5 Å². The minimum absolute atomic E-state index is 0.240. The number of rotatable bonds is 4. The van der Waals surface area contributed by atoms with Crippen molar-refractivity contribution in [2.24, 2.45) is 5.92 Å². The highest BCUT2D eigenvalue weighted by atomic mass is 79.9. The second-order valence-electron chi connectivity index (χ2n) is 4.34. The van der Waals surface area contributed by atoms with E-state index in [4.69, 9.17) is 5.11 Å². The summed E-state index contributed by atoms with van der Waals surface area (Å²) >= 11 is 3.46. The van der Waals surface area contributed by atoms with Crippen molar-refractivity contribution in [1.82, 2.24) is 20.2 Å². The number of benzene rings is 1. The third-order valence-electron chi connectivity index (χ3n) is 2.91. The van der Waals surface area contributed by atoms with Gasteiger partial charge in [0.2, 0.25) is 0 Å². The van der Waals surface area contributed by atoms with Crippen molar-refractivity contribution < 1.29 is 9.90 Å². The average molecular weight is 325 g/mol. The van der Waals surface area contributed by atoms with Gasteiger partial charge in [-0.15, -0.1) is 5.10 Å². The topological polar surface area (TPSA) is 80.9 Å². The van der Waals surface area contributed by atoms with Gasteiger partial charge in [0, 0.05) is 10.0 Å². The highest BCUT2D eigenvalue weighted by molar-refractivity contribution is 9.10. The van der Waals surface area contributed by atoms with E-state index in [-0.39, 0.29) is 6.54 Å². The van der Waals surface area contributed by atoms with Gasteiger partial charge in [-0.1, -0.05) is 35.0 Å². The summed E-state index contributed by atoms with van der Waals surface area (Å²) in [4.78, 5) is 10.9. The first-order chi connectivity index (χ1) is 9.00. The van der Waals surface area contributed by atoms with Crippen LogP contribution in [0, 0.1) is 12.8 Å². The summed E-state index contributed by atoms with van der Waals surface area (Å²) in [5, 5.41) is 20.4. The third-order valence-corrected chi connectivity index (χ3v) is 3.77. The largest absolute Gasteiger partial charge is 0.481 e. The van der Waals surface area contributed by atoms with Crippen molar-refractivity contribution >= 4 is 21.9 Å². The molecule has 1 heterocycles. The maximum atomic E-state index is 10.9. The van der Waals surface area contributed by atoms with E-state index < -0.39 is 11.9 Å². The molecule has 1 aromatic heterocycles. The summed E-state index contributed by atoms with van der Waals surface area (Å²) in [6.45, 7) is 3.82. The van der Waals surface area contributed by atoms with Crippen molar-refractivity contribution in [3.63, 3.8) is 0 Å². The van der Waals surface area contributed by atoms with Gasteiger partial charge >= 0.3 is 5.97 Å². The second-order valence-corrected chi connectivity index (χ2v) is 5.19. The molecule has 0 amide bonds. The normalized spacial score (nSPS) is 12.4. The third kappa shape index (κ3) is 2.81. The standard InChI is InChI=1S/C12H13BrN4O2/c1-7(12(18)19)6-17-11(14-15-16-17)9-4-3-5-10(13)8(9)2/h3-5,7H,6H2,1-2H3,(H,18,19). The number of carboxylic acids is 1. The van der Waals surface area contributed by atoms with Crippen molar-refractivity contribution in [3.05, 3.63) is 28.2 Å². The van der Waals surface area contributed by atoms with Crippen LogP contribution in [0.5, 0.6) is 0 Å². The SMILES string of the molecule is Cc1c(Br)cccc1-c1nnnn1CC(C)C(=O)O. The van der Waals surface area contributed by atoms with E-state index in [9.17, 15) is 4.79 Å². The van der Waals surface area contributed by atoms with Crippen LogP contribution in [0.2, 0.25) is 0 Å². The first kappa shape index (κ1) is 13.7. The zero-order valence-electron chi connectivity index (χ0n) is 10.5. The molecule has 0 aliphatic rings. The van der Waals surface area contributed by atoms with Crippen molar-refractivity contribution in [2.45, 2.75) is 20.4 Å². The fourth-order valence-corrected chi connectivity index (χ4v) is 2.07. The predicted molar refractivity (Wildman–Crippen MR) is 72.5 cm³/mol. The lowest BCUT2D eigenvalue weighted by Crippen LogP contribution is -2.18. The number of carboxylic acid groups (broad SMARTS) is 1. The predicted octanol–water partition coefficient (Wildman–Crippen LogP) is 2.13. The zero-order chi connectivity index (χ0) is 14.0. The van der Waals surface area contributed by atoms with Crippen LogP contribution in [0.4, 0.5) is 0 Å². The summed E-state index contributed by atoms with van der Waals surface area (Å²) in [6.07, 6.45) is 0. The Morgan fingerprint density at radius 2 is 2.26 bits per heavy atom. The number of hydrogen-bond donors (Lipinski definition) is 1. The van der Waals surface area contributed by atoms with Crippen LogP contribution in [0.25, 0.3) is 11.4 Å². The van der Waals surface area contributed by atoms with Crippen LogP contribution in [-0.4, -0.2) is 31.3 Å². The summed E-state index contributed by atoms with van der Waals surface area (Å²) in [5.41, 5.74) is 1.90. The summed E-state index contributed by atoms with van der Waals surface area (Å²) < 4.78 is 2.49. The highest BCUT2D eigenvalue weighted by Gasteiger charge is 2.18. The van der Waals surface area contributed by atoms with Crippen LogP contribution in [0.3, 0.4) is 0 Å². The molecule has 1 aromatic carbocycles. The average Bonchev–Trinajstić information content (AvgIpc) is 2.80. The van der Waals surface area contributed by atoms with Gasteiger partial charge < -0.3 is 5.11 Å². The molecule has 6 nitrogen and oxygen atoms in total. The molecule has 2 rings (SSSR count). The van der Waals surface area contributed by atoms with Gasteiger partial charge in [-0.3, -0.25) is 4.79 Å². The molecule has 7 heteroatoms. The first-order valence-corrected chi connectivity index (χ1v) is 6.54. The number of aromatic nitrogens is 4. The fourth-order valence-electron chi connectivity index (χ4n) is 1.71. The number of tetrazole rings is 1. The summed E-state index contributed by atoms with van der Waals surface area (Å²) in [6, 6.07) is 5.74. The molecule has 1 unspecified atom stereocenters. The summed E-state index contributed by atoms with van der Waals surface area (Å²) in [5.74, 6) is -0.839. The Morgan fingerprint density at radius 3 is 2.95 bits per heavy atom. The smallest absolute Gasteiger partial charge is 0.308 e. The lowest BCUT2D eigenvalue weighted by molar-refractivity contribution is -0.141. The number of carbonyl (C=O) groups is 1. The van der Waals surface area contributed by atoms with E-state index in [1.165, 1.54) is 4.68 Å². The molecule has 19 heavy (non-hydrogen) atoms. The molecule has 1 atom stereocenters. The van der Waals surface area contributed by atoms with Gasteiger partial charge in [0.15, 0.2) is 5.82 Å². The van der Waals surface area contributed by atoms with E-state index in [1.807, 2.05) is 25.1 Å². The van der Waals surface area contributed by atoms with Crippen LogP contribution < -0.4 is 0 Å². The van der Waals surface area contributed by atoms with Crippen molar-refractivity contribution in [2.75, 3.05) is 0 Å². The zero-order valence-corrected chi connectivity index (χ0v) is 12.1. The Hall–Kier alpha value is -1.76. The molecule has 1 N–H and O–H groups in total. The molecule has 0 spiro atoms. The molecule has 0 bridgehead atoms. The van der Waals surface area contributed by atoms with Gasteiger partial charge in [-0.05, 0) is 29.0 Å². The van der Waals surface area contributed by atoms with Gasteiger partial charge in [-0.2, -0.15) is 0 Å². The minimum atomic E-state index is -0.868. The van der Waals surface area contributed by atoms with Gasteiger partial charge in [0.05, 0.1) is 12.5 Å². The van der Waals surface area contributed by atoms with Crippen molar-refractivity contribution in [3.8, 4) is 11.4 Å². The second kappa shape index (κ2) is 5.48. The maximum Gasteiger partial charge on any atom is 0.308 e. The van der Waals surface area contributed by atoms with Crippen molar-refractivity contribution in [1.29, 1.82) is 0 Å². The van der Waals surface area contributed by atoms with Gasteiger partial charge in [0.1, 0.15) is 0 Å². The van der Waals surface area contributed by atoms with E-state index in [0.717, 1.165) is 15.6 Å². The molecule has 0 radical (unpaired) electrons. The molecule has 0 aliphatic carbocycles. The Balaban J connectivity index is 2.39. The molecule has 0 aliphatic heterocycles. The molecule has 100 valence electrons. The lowest BCUT2D eigenvalue weighted by Gasteiger charge is -2.10. The Kier molecular flexibility index (Phi) is 3.94. The first-order valence-electron chi connectivity index (χ1n) is 5.75. The van der Waals surface area contributed by atoms with Crippen LogP contribution in [-0.2, 0) is 11.3 Å².